The Kier molecular flexibility index (Phi) is 7.68. The summed E-state index contributed by atoms with van der Waals surface area (Å²) < 4.78 is 16.5. The number of hydrogen-bond donors (Lipinski definition) is 1. The molecule has 0 radical (unpaired) electrons. The van der Waals surface area contributed by atoms with E-state index in [4.69, 9.17) is 14.2 Å². The van der Waals surface area contributed by atoms with Gasteiger partial charge < -0.3 is 24.2 Å². The lowest BCUT2D eigenvalue weighted by molar-refractivity contribution is -0.140. The first-order valence-corrected chi connectivity index (χ1v) is 10.4. The van der Waals surface area contributed by atoms with Crippen LogP contribution in [0, 0.1) is 0 Å². The highest BCUT2D eigenvalue weighted by molar-refractivity contribution is 6.46. The van der Waals surface area contributed by atoms with Crippen LogP contribution in [0.5, 0.6) is 11.5 Å². The average molecular weight is 437 g/mol. The van der Waals surface area contributed by atoms with Crippen molar-refractivity contribution in [2.75, 3.05) is 33.5 Å². The first kappa shape index (κ1) is 23.1. The van der Waals surface area contributed by atoms with Crippen LogP contribution < -0.4 is 9.47 Å². The molecule has 0 bridgehead atoms. The normalized spacial score (nSPS) is 17.4. The fraction of sp³-hybridized carbons (Fsp3) is 0.280. The number of likely N-dealkylation sites (tertiary alicyclic amines) is 1. The molecule has 1 atom stereocenters. The number of Topliss-reactive ketones (excluding diaryl/α,β-unsaturated/α-hetero) is 1. The fourth-order valence-electron chi connectivity index (χ4n) is 3.63. The maximum Gasteiger partial charge on any atom is 0.295 e. The zero-order chi connectivity index (χ0) is 23.1. The highest BCUT2D eigenvalue weighted by Gasteiger charge is 2.46. The Labute approximate surface area is 187 Å². The number of ketones is 1. The Morgan fingerprint density at radius 1 is 1.12 bits per heavy atom. The molecule has 7 heteroatoms. The van der Waals surface area contributed by atoms with Gasteiger partial charge in [0.25, 0.3) is 11.7 Å². The van der Waals surface area contributed by atoms with Gasteiger partial charge in [-0.25, -0.2) is 0 Å². The van der Waals surface area contributed by atoms with Gasteiger partial charge in [0.05, 0.1) is 24.8 Å². The molecule has 7 nitrogen and oxygen atoms in total. The van der Waals surface area contributed by atoms with E-state index in [1.807, 2.05) is 13.0 Å². The predicted octanol–water partition coefficient (Wildman–Crippen LogP) is 3.72. The highest BCUT2D eigenvalue weighted by atomic mass is 16.5. The second-order valence-electron chi connectivity index (χ2n) is 7.09. The molecule has 2 aromatic carbocycles. The van der Waals surface area contributed by atoms with Crippen LogP contribution in [0.4, 0.5) is 0 Å². The van der Waals surface area contributed by atoms with Gasteiger partial charge in [-0.15, -0.1) is 0 Å². The van der Waals surface area contributed by atoms with Gasteiger partial charge in [-0.05, 0) is 24.6 Å². The zero-order valence-corrected chi connectivity index (χ0v) is 18.2. The Morgan fingerprint density at radius 2 is 1.88 bits per heavy atom. The van der Waals surface area contributed by atoms with Crippen molar-refractivity contribution in [3.8, 4) is 11.5 Å². The van der Waals surface area contributed by atoms with Crippen molar-refractivity contribution in [3.05, 3.63) is 77.9 Å². The standard InChI is InChI=1S/C25H27NO6/c1-4-14-32-19-12-11-18(16-20(19)31-5-2)22-21(23(27)17-9-7-6-8-10-17)24(28)25(29)26(22)13-15-30-3/h4,6-12,16,22,27H,1,5,13-15H2,2-3H3/b23-21+. The molecule has 168 valence electrons. The number of benzene rings is 2. The van der Waals surface area contributed by atoms with E-state index in [0.29, 0.717) is 35.8 Å². The van der Waals surface area contributed by atoms with Crippen LogP contribution >= 0.6 is 0 Å². The highest BCUT2D eigenvalue weighted by Crippen LogP contribution is 2.41. The summed E-state index contributed by atoms with van der Waals surface area (Å²) in [5, 5.41) is 11.0. The third-order valence-electron chi connectivity index (χ3n) is 5.06. The molecule has 32 heavy (non-hydrogen) atoms. The summed E-state index contributed by atoms with van der Waals surface area (Å²) in [6.45, 7) is 6.65. The Morgan fingerprint density at radius 3 is 2.53 bits per heavy atom. The number of aliphatic hydroxyl groups excluding tert-OH is 1. The minimum atomic E-state index is -0.794. The first-order chi connectivity index (χ1) is 15.5. The van der Waals surface area contributed by atoms with Crippen molar-refractivity contribution < 1.29 is 28.9 Å². The molecular formula is C25H27NO6. The van der Waals surface area contributed by atoms with E-state index in [2.05, 4.69) is 6.58 Å². The van der Waals surface area contributed by atoms with Crippen LogP contribution in [0.3, 0.4) is 0 Å². The van der Waals surface area contributed by atoms with E-state index >= 15 is 0 Å². The summed E-state index contributed by atoms with van der Waals surface area (Å²) in [7, 11) is 1.52. The van der Waals surface area contributed by atoms with Gasteiger partial charge in [-0.1, -0.05) is 49.1 Å². The van der Waals surface area contributed by atoms with Crippen LogP contribution in [0.25, 0.3) is 5.76 Å². The van der Waals surface area contributed by atoms with Crippen molar-refractivity contribution in [3.63, 3.8) is 0 Å². The lowest BCUT2D eigenvalue weighted by atomic mass is 9.95. The van der Waals surface area contributed by atoms with E-state index in [0.717, 1.165) is 0 Å². The molecule has 0 aliphatic carbocycles. The van der Waals surface area contributed by atoms with Crippen molar-refractivity contribution in [1.82, 2.24) is 4.90 Å². The summed E-state index contributed by atoms with van der Waals surface area (Å²) >= 11 is 0. The first-order valence-electron chi connectivity index (χ1n) is 10.4. The summed E-state index contributed by atoms with van der Waals surface area (Å²) in [5.41, 5.74) is 1.10. The minimum Gasteiger partial charge on any atom is -0.507 e. The van der Waals surface area contributed by atoms with Crippen molar-refractivity contribution in [2.45, 2.75) is 13.0 Å². The molecule has 1 aliphatic rings. The molecule has 0 aromatic heterocycles. The Balaban J connectivity index is 2.15. The summed E-state index contributed by atoms with van der Waals surface area (Å²) in [6, 6.07) is 13.1. The zero-order valence-electron chi connectivity index (χ0n) is 18.2. The second kappa shape index (κ2) is 10.6. The maximum absolute atomic E-state index is 13.0. The molecule has 1 N–H and O–H groups in total. The number of aliphatic hydroxyl groups is 1. The third kappa shape index (κ3) is 4.68. The van der Waals surface area contributed by atoms with Crippen LogP contribution in [0.15, 0.2) is 66.8 Å². The molecular weight excluding hydrogens is 410 g/mol. The number of nitrogens with zero attached hydrogens (tertiary/aromatic N) is 1. The smallest absolute Gasteiger partial charge is 0.295 e. The molecule has 1 fully saturated rings. The van der Waals surface area contributed by atoms with Gasteiger partial charge in [0, 0.05) is 19.2 Å². The molecule has 1 unspecified atom stereocenters. The lowest BCUT2D eigenvalue weighted by Gasteiger charge is -2.26. The van der Waals surface area contributed by atoms with E-state index in [1.54, 1.807) is 48.5 Å². The van der Waals surface area contributed by atoms with Gasteiger partial charge in [0.1, 0.15) is 12.4 Å². The van der Waals surface area contributed by atoms with Crippen LogP contribution in [0.2, 0.25) is 0 Å². The summed E-state index contributed by atoms with van der Waals surface area (Å²) in [6.07, 6.45) is 1.63. The maximum atomic E-state index is 13.0. The Bertz CT molecular complexity index is 1010. The van der Waals surface area contributed by atoms with Crippen molar-refractivity contribution >= 4 is 17.4 Å². The molecule has 0 spiro atoms. The van der Waals surface area contributed by atoms with Gasteiger partial charge in [-0.2, -0.15) is 0 Å². The van der Waals surface area contributed by atoms with Gasteiger partial charge >= 0.3 is 0 Å². The molecule has 3 rings (SSSR count). The number of hydrogen-bond acceptors (Lipinski definition) is 6. The van der Waals surface area contributed by atoms with Gasteiger partial charge in [0.15, 0.2) is 11.5 Å². The summed E-state index contributed by atoms with van der Waals surface area (Å²) in [5.74, 6) is -0.651. The number of carbonyl (C=O) groups is 2. The van der Waals surface area contributed by atoms with Crippen LogP contribution in [0.1, 0.15) is 24.1 Å². The van der Waals surface area contributed by atoms with Crippen molar-refractivity contribution in [2.24, 2.45) is 0 Å². The molecule has 1 saturated heterocycles. The van der Waals surface area contributed by atoms with Gasteiger partial charge in [0.2, 0.25) is 0 Å². The quantitative estimate of drug-likeness (QED) is 0.264. The monoisotopic (exact) mass is 437 g/mol. The lowest BCUT2D eigenvalue weighted by Crippen LogP contribution is -2.32. The number of methoxy groups -OCH3 is 1. The van der Waals surface area contributed by atoms with E-state index in [1.165, 1.54) is 12.0 Å². The number of ether oxygens (including phenoxy) is 3. The minimum absolute atomic E-state index is 0.0273. The topological polar surface area (TPSA) is 85.3 Å². The predicted molar refractivity (Wildman–Crippen MR) is 121 cm³/mol. The molecule has 1 aliphatic heterocycles. The third-order valence-corrected chi connectivity index (χ3v) is 5.06. The number of rotatable bonds is 10. The largest absolute Gasteiger partial charge is 0.507 e. The van der Waals surface area contributed by atoms with Gasteiger partial charge in [-0.3, -0.25) is 9.59 Å². The Hall–Kier alpha value is -3.58. The molecule has 1 heterocycles. The second-order valence-corrected chi connectivity index (χ2v) is 7.09. The molecule has 0 saturated carbocycles. The average Bonchev–Trinajstić information content (AvgIpc) is 3.07. The van der Waals surface area contributed by atoms with Crippen molar-refractivity contribution in [1.29, 1.82) is 0 Å². The van der Waals surface area contributed by atoms with E-state index < -0.39 is 17.7 Å². The van der Waals surface area contributed by atoms with E-state index in [9.17, 15) is 14.7 Å². The summed E-state index contributed by atoms with van der Waals surface area (Å²) in [4.78, 5) is 27.3. The number of amides is 1. The SMILES string of the molecule is C=CCOc1ccc(C2/C(=C(\O)c3ccccc3)C(=O)C(=O)N2CCOC)cc1OCC. The molecule has 2 aromatic rings. The van der Waals surface area contributed by atoms with E-state index in [-0.39, 0.29) is 24.5 Å². The fourth-order valence-corrected chi connectivity index (χ4v) is 3.63. The molecule has 1 amide bonds. The number of carbonyl (C=O) groups excluding carboxylic acids is 2. The van der Waals surface area contributed by atoms with Crippen LogP contribution in [-0.2, 0) is 14.3 Å². The van der Waals surface area contributed by atoms with Crippen LogP contribution in [-0.4, -0.2) is 55.2 Å².